The van der Waals surface area contributed by atoms with Gasteiger partial charge < -0.3 is 0 Å². The van der Waals surface area contributed by atoms with Gasteiger partial charge in [0.25, 0.3) is 0 Å². The second kappa shape index (κ2) is 4.61. The molecule has 0 spiro atoms. The summed E-state index contributed by atoms with van der Waals surface area (Å²) in [7, 11) is 0. The number of carbonyl (C=O) groups is 1. The number of ketones is 1. The Labute approximate surface area is 91.5 Å². The van der Waals surface area contributed by atoms with Crippen molar-refractivity contribution in [2.45, 2.75) is 39.0 Å². The van der Waals surface area contributed by atoms with E-state index in [4.69, 9.17) is 0 Å². The van der Waals surface area contributed by atoms with Crippen molar-refractivity contribution in [1.82, 2.24) is 0 Å². The van der Waals surface area contributed by atoms with Crippen molar-refractivity contribution in [3.63, 3.8) is 0 Å². The molecule has 0 atom stereocenters. The van der Waals surface area contributed by atoms with Crippen LogP contribution >= 0.6 is 0 Å². The molecule has 0 saturated heterocycles. The third-order valence-electron chi connectivity index (χ3n) is 2.99. The van der Waals surface area contributed by atoms with Gasteiger partial charge in [-0.05, 0) is 37.7 Å². The van der Waals surface area contributed by atoms with E-state index in [0.29, 0.717) is 5.78 Å². The fraction of sp³-hybridized carbons (Fsp3) is 0.500. The van der Waals surface area contributed by atoms with Crippen LogP contribution in [0, 0.1) is 12.8 Å². The molecule has 2 rings (SSSR count). The largest absolute Gasteiger partial charge is 0.300 e. The van der Waals surface area contributed by atoms with Crippen molar-refractivity contribution >= 4 is 5.78 Å². The normalized spacial score (nSPS) is 15.3. The van der Waals surface area contributed by atoms with Crippen molar-refractivity contribution in [2.75, 3.05) is 0 Å². The number of aryl methyl sites for hydroxylation is 2. The molecular weight excluding hydrogens is 184 g/mol. The van der Waals surface area contributed by atoms with E-state index in [0.717, 1.165) is 25.2 Å². The fourth-order valence-corrected chi connectivity index (χ4v) is 1.90. The van der Waals surface area contributed by atoms with E-state index in [1.165, 1.54) is 24.0 Å². The number of benzene rings is 1. The summed E-state index contributed by atoms with van der Waals surface area (Å²) < 4.78 is 0. The fourth-order valence-electron chi connectivity index (χ4n) is 1.90. The van der Waals surface area contributed by atoms with E-state index in [-0.39, 0.29) is 0 Å². The average Bonchev–Trinajstić information content (AvgIpc) is 2.99. The lowest BCUT2D eigenvalue weighted by Gasteiger charge is -2.02. The molecule has 0 bridgehead atoms. The smallest absolute Gasteiger partial charge is 0.133 e. The minimum absolute atomic E-state index is 0.444. The Kier molecular flexibility index (Phi) is 3.20. The van der Waals surface area contributed by atoms with Crippen LogP contribution < -0.4 is 0 Å². The molecule has 1 aromatic carbocycles. The lowest BCUT2D eigenvalue weighted by atomic mass is 10.0. The standard InChI is InChI=1S/C14H18O/c1-11-3-2-4-12(9-11)7-8-14(15)10-13-5-6-13/h2-4,9,13H,5-8,10H2,1H3. The molecule has 0 radical (unpaired) electrons. The van der Waals surface area contributed by atoms with Crippen molar-refractivity contribution in [2.24, 2.45) is 5.92 Å². The number of rotatable bonds is 5. The minimum atomic E-state index is 0.444. The molecule has 1 heteroatoms. The van der Waals surface area contributed by atoms with Gasteiger partial charge in [-0.15, -0.1) is 0 Å². The van der Waals surface area contributed by atoms with Gasteiger partial charge in [0, 0.05) is 12.8 Å². The number of carbonyl (C=O) groups excluding carboxylic acids is 1. The first-order chi connectivity index (χ1) is 7.24. The van der Waals surface area contributed by atoms with Gasteiger partial charge in [-0.3, -0.25) is 4.79 Å². The minimum Gasteiger partial charge on any atom is -0.300 e. The van der Waals surface area contributed by atoms with Gasteiger partial charge in [0.2, 0.25) is 0 Å². The maximum Gasteiger partial charge on any atom is 0.133 e. The highest BCUT2D eigenvalue weighted by atomic mass is 16.1. The second-order valence-corrected chi connectivity index (χ2v) is 4.68. The van der Waals surface area contributed by atoms with E-state index in [2.05, 4.69) is 31.2 Å². The molecule has 1 aliphatic carbocycles. The summed E-state index contributed by atoms with van der Waals surface area (Å²) in [6.45, 7) is 2.09. The van der Waals surface area contributed by atoms with Crippen LogP contribution in [0.3, 0.4) is 0 Å². The highest BCUT2D eigenvalue weighted by Crippen LogP contribution is 2.32. The van der Waals surface area contributed by atoms with Crippen LogP contribution in [0.5, 0.6) is 0 Å². The number of hydrogen-bond acceptors (Lipinski definition) is 1. The molecule has 0 heterocycles. The summed E-state index contributed by atoms with van der Waals surface area (Å²) in [5, 5.41) is 0. The maximum atomic E-state index is 11.6. The molecule has 1 aromatic rings. The van der Waals surface area contributed by atoms with Crippen LogP contribution in [0.15, 0.2) is 24.3 Å². The Morgan fingerprint density at radius 2 is 2.20 bits per heavy atom. The molecule has 80 valence electrons. The van der Waals surface area contributed by atoms with Gasteiger partial charge in [0.15, 0.2) is 0 Å². The SMILES string of the molecule is Cc1cccc(CCC(=O)CC2CC2)c1. The lowest BCUT2D eigenvalue weighted by molar-refractivity contribution is -0.119. The van der Waals surface area contributed by atoms with Crippen LogP contribution in [0.2, 0.25) is 0 Å². The molecule has 0 aliphatic heterocycles. The molecule has 15 heavy (non-hydrogen) atoms. The lowest BCUT2D eigenvalue weighted by Crippen LogP contribution is -2.01. The zero-order valence-corrected chi connectivity index (χ0v) is 9.33. The van der Waals surface area contributed by atoms with Crippen LogP contribution in [-0.2, 0) is 11.2 Å². The molecule has 1 fully saturated rings. The Bertz CT molecular complexity index is 350. The average molecular weight is 202 g/mol. The van der Waals surface area contributed by atoms with Crippen molar-refractivity contribution in [3.8, 4) is 0 Å². The van der Waals surface area contributed by atoms with E-state index in [9.17, 15) is 4.79 Å². The third-order valence-corrected chi connectivity index (χ3v) is 2.99. The molecular formula is C14H18O. The van der Waals surface area contributed by atoms with Crippen molar-refractivity contribution in [1.29, 1.82) is 0 Å². The first-order valence-corrected chi connectivity index (χ1v) is 5.81. The molecule has 1 nitrogen and oxygen atoms in total. The van der Waals surface area contributed by atoms with Crippen LogP contribution in [0.1, 0.15) is 36.8 Å². The summed E-state index contributed by atoms with van der Waals surface area (Å²) in [5.74, 6) is 1.18. The van der Waals surface area contributed by atoms with E-state index >= 15 is 0 Å². The summed E-state index contributed by atoms with van der Waals surface area (Å²) in [6, 6.07) is 8.44. The molecule has 1 aliphatic rings. The third kappa shape index (κ3) is 3.50. The molecule has 1 saturated carbocycles. The second-order valence-electron chi connectivity index (χ2n) is 4.68. The van der Waals surface area contributed by atoms with E-state index in [1.54, 1.807) is 0 Å². The Morgan fingerprint density at radius 1 is 1.40 bits per heavy atom. The van der Waals surface area contributed by atoms with Gasteiger partial charge in [-0.25, -0.2) is 0 Å². The van der Waals surface area contributed by atoms with Crippen LogP contribution in [-0.4, -0.2) is 5.78 Å². The first kappa shape index (κ1) is 10.4. The molecule has 0 unspecified atom stereocenters. The molecule has 0 amide bonds. The molecule has 0 N–H and O–H groups in total. The topological polar surface area (TPSA) is 17.1 Å². The Morgan fingerprint density at radius 3 is 2.87 bits per heavy atom. The van der Waals surface area contributed by atoms with Crippen LogP contribution in [0.4, 0.5) is 0 Å². The number of Topliss-reactive ketones (excluding diaryl/α,β-unsaturated/α-hetero) is 1. The quantitative estimate of drug-likeness (QED) is 0.716. The van der Waals surface area contributed by atoms with Gasteiger partial charge in [0.05, 0.1) is 0 Å². The van der Waals surface area contributed by atoms with Gasteiger partial charge in [-0.2, -0.15) is 0 Å². The van der Waals surface area contributed by atoms with Crippen molar-refractivity contribution in [3.05, 3.63) is 35.4 Å². The van der Waals surface area contributed by atoms with Crippen molar-refractivity contribution < 1.29 is 4.79 Å². The predicted octanol–water partition coefficient (Wildman–Crippen LogP) is 3.30. The van der Waals surface area contributed by atoms with Gasteiger partial charge >= 0.3 is 0 Å². The summed E-state index contributed by atoms with van der Waals surface area (Å²) in [6.07, 6.45) is 5.01. The Balaban J connectivity index is 1.78. The molecule has 0 aromatic heterocycles. The van der Waals surface area contributed by atoms with Gasteiger partial charge in [-0.1, -0.05) is 29.8 Å². The zero-order valence-electron chi connectivity index (χ0n) is 9.33. The van der Waals surface area contributed by atoms with Crippen LogP contribution in [0.25, 0.3) is 0 Å². The number of hydrogen-bond donors (Lipinski definition) is 0. The maximum absolute atomic E-state index is 11.6. The Hall–Kier alpha value is -1.11. The first-order valence-electron chi connectivity index (χ1n) is 5.81. The van der Waals surface area contributed by atoms with E-state index in [1.807, 2.05) is 0 Å². The summed E-state index contributed by atoms with van der Waals surface area (Å²) in [4.78, 5) is 11.6. The monoisotopic (exact) mass is 202 g/mol. The summed E-state index contributed by atoms with van der Waals surface area (Å²) >= 11 is 0. The summed E-state index contributed by atoms with van der Waals surface area (Å²) in [5.41, 5.74) is 2.57. The highest BCUT2D eigenvalue weighted by molar-refractivity contribution is 5.79. The van der Waals surface area contributed by atoms with E-state index < -0.39 is 0 Å². The van der Waals surface area contributed by atoms with Gasteiger partial charge in [0.1, 0.15) is 5.78 Å². The zero-order chi connectivity index (χ0) is 10.7. The predicted molar refractivity (Wildman–Crippen MR) is 61.8 cm³/mol. The highest BCUT2D eigenvalue weighted by Gasteiger charge is 2.23.